The normalized spacial score (nSPS) is 14.4. The quantitative estimate of drug-likeness (QED) is 0.0213. The molecule has 2 unspecified atom stereocenters. The molecule has 0 aromatic carbocycles. The number of likely N-dealkylation sites (N-methyl/N-ethyl adjacent to an activating group) is 1. The van der Waals surface area contributed by atoms with Crippen LogP contribution in [0.25, 0.3) is 0 Å². The molecule has 0 rings (SSSR count). The Morgan fingerprint density at radius 1 is 0.437 bits per heavy atom. The van der Waals surface area contributed by atoms with Gasteiger partial charge in [-0.3, -0.25) is 13.8 Å². The van der Waals surface area contributed by atoms with Gasteiger partial charge in [0.25, 0.3) is 0 Å². The Hall–Kier alpha value is -3.10. The van der Waals surface area contributed by atoms with Crippen molar-refractivity contribution in [2.45, 2.75) is 213 Å². The molecule has 0 spiro atoms. The number of phosphoric acid groups is 1. The average Bonchev–Trinajstić information content (AvgIpc) is 3.33. The van der Waals surface area contributed by atoms with E-state index in [0.717, 1.165) is 103 Å². The Morgan fingerprint density at radius 2 is 0.775 bits per heavy atom. The van der Waals surface area contributed by atoms with Crippen LogP contribution < -0.4 is 0 Å². The first kappa shape index (κ1) is 67.9. The van der Waals surface area contributed by atoms with Crippen LogP contribution in [0.15, 0.2) is 122 Å². The van der Waals surface area contributed by atoms with Crippen LogP contribution in [0.3, 0.4) is 0 Å². The van der Waals surface area contributed by atoms with Gasteiger partial charge in [-0.05, 0) is 103 Å². The van der Waals surface area contributed by atoms with E-state index in [1.54, 1.807) is 0 Å². The van der Waals surface area contributed by atoms with Crippen LogP contribution in [0.2, 0.25) is 0 Å². The number of carbonyl (C=O) groups excluding carboxylic acids is 1. The van der Waals surface area contributed by atoms with E-state index in [1.807, 2.05) is 21.1 Å². The van der Waals surface area contributed by atoms with Crippen LogP contribution in [0.1, 0.15) is 206 Å². The molecule has 0 radical (unpaired) electrons. The number of rotatable bonds is 51. The maximum Gasteiger partial charge on any atom is 0.472 e. The predicted octanol–water partition coefficient (Wildman–Crippen LogP) is 18.1. The fourth-order valence-electron chi connectivity index (χ4n) is 7.25. The molecule has 71 heavy (non-hydrogen) atoms. The number of phosphoric ester groups is 1. The summed E-state index contributed by atoms with van der Waals surface area (Å²) in [6.07, 6.45) is 76.8. The molecule has 1 N–H and O–H groups in total. The monoisotopic (exact) mass is 1010 g/mol. The van der Waals surface area contributed by atoms with Crippen molar-refractivity contribution in [3.63, 3.8) is 0 Å². The summed E-state index contributed by atoms with van der Waals surface area (Å²) in [4.78, 5) is 23.1. The molecule has 0 bridgehead atoms. The zero-order valence-corrected chi connectivity index (χ0v) is 47.1. The van der Waals surface area contributed by atoms with Crippen molar-refractivity contribution in [1.82, 2.24) is 0 Å². The number of nitrogens with zero attached hydrogens (tertiary/aromatic N) is 1. The molecule has 9 heteroatoms. The highest BCUT2D eigenvalue weighted by molar-refractivity contribution is 7.47. The molecule has 0 aliphatic carbocycles. The lowest BCUT2D eigenvalue weighted by molar-refractivity contribution is -0.870. The summed E-state index contributed by atoms with van der Waals surface area (Å²) >= 11 is 0. The standard InChI is InChI=1S/C62H106NO7P/c1-6-8-10-12-14-16-18-20-22-24-26-28-30-31-32-34-36-38-40-42-44-46-48-50-52-54-57-67-59-61(60-69-71(65,66)68-58-56-63(3,4)5)70-62(64)55-53-51-49-47-45-43-41-39-37-35-33-29-27-25-23-21-19-17-15-13-11-9-7-2/h8-11,14-17,20-23,26-29,31-32,35,37,61H,6-7,12-13,18-19,24-25,30,33-34,36,38-60H2,1-5H3/p+1/b10-8-,11-9-,16-14-,17-15-,22-20-,23-21-,28-26-,29-27-,32-31-,37-35-. The molecule has 2 atom stereocenters. The smallest absolute Gasteiger partial charge is 0.457 e. The molecular weight excluding hydrogens is 902 g/mol. The van der Waals surface area contributed by atoms with Crippen molar-refractivity contribution in [1.29, 1.82) is 0 Å². The van der Waals surface area contributed by atoms with Crippen molar-refractivity contribution in [2.24, 2.45) is 0 Å². The lowest BCUT2D eigenvalue weighted by Gasteiger charge is -2.24. The topological polar surface area (TPSA) is 91.3 Å². The summed E-state index contributed by atoms with van der Waals surface area (Å²) in [5, 5.41) is 0. The lowest BCUT2D eigenvalue weighted by atomic mass is 10.1. The first-order valence-electron chi connectivity index (χ1n) is 28.3. The Balaban J connectivity index is 4.16. The third kappa shape index (κ3) is 57.7. The van der Waals surface area contributed by atoms with Crippen molar-refractivity contribution in [3.8, 4) is 0 Å². The second-order valence-electron chi connectivity index (χ2n) is 19.6. The van der Waals surface area contributed by atoms with Crippen LogP contribution in [0.4, 0.5) is 0 Å². The van der Waals surface area contributed by atoms with E-state index in [1.165, 1.54) is 83.5 Å². The Kier molecular flexibility index (Phi) is 50.9. The summed E-state index contributed by atoms with van der Waals surface area (Å²) < 4.78 is 35.2. The molecule has 406 valence electrons. The Bertz CT molecular complexity index is 1550. The first-order valence-corrected chi connectivity index (χ1v) is 29.8. The highest BCUT2D eigenvalue weighted by Crippen LogP contribution is 2.43. The van der Waals surface area contributed by atoms with Crippen LogP contribution >= 0.6 is 7.82 Å². The lowest BCUT2D eigenvalue weighted by Crippen LogP contribution is -2.37. The number of ether oxygens (including phenoxy) is 2. The third-order valence-electron chi connectivity index (χ3n) is 11.5. The zero-order valence-electron chi connectivity index (χ0n) is 46.2. The van der Waals surface area contributed by atoms with Gasteiger partial charge in [-0.2, -0.15) is 0 Å². The molecule has 0 aliphatic heterocycles. The van der Waals surface area contributed by atoms with Gasteiger partial charge in [0.1, 0.15) is 19.3 Å². The fraction of sp³-hybridized carbons (Fsp3) is 0.661. The Morgan fingerprint density at radius 3 is 1.15 bits per heavy atom. The molecule has 0 fully saturated rings. The van der Waals surface area contributed by atoms with Gasteiger partial charge in [-0.15, -0.1) is 0 Å². The highest BCUT2D eigenvalue weighted by Gasteiger charge is 2.26. The van der Waals surface area contributed by atoms with Crippen LogP contribution in [-0.2, 0) is 27.9 Å². The number of unbranched alkanes of at least 4 members (excludes halogenated alkanes) is 17. The average molecular weight is 1010 g/mol. The van der Waals surface area contributed by atoms with Gasteiger partial charge >= 0.3 is 13.8 Å². The summed E-state index contributed by atoms with van der Waals surface area (Å²) in [5.41, 5.74) is 0. The minimum absolute atomic E-state index is 0.0783. The predicted molar refractivity (Wildman–Crippen MR) is 307 cm³/mol. The maximum absolute atomic E-state index is 12.8. The van der Waals surface area contributed by atoms with Gasteiger partial charge in [-0.1, -0.05) is 219 Å². The second kappa shape index (κ2) is 53.2. The van der Waals surface area contributed by atoms with Crippen molar-refractivity contribution in [2.75, 3.05) is 54.1 Å². The number of quaternary nitrogens is 1. The van der Waals surface area contributed by atoms with E-state index in [-0.39, 0.29) is 25.8 Å². The zero-order chi connectivity index (χ0) is 51.9. The molecule has 0 saturated heterocycles. The van der Waals surface area contributed by atoms with Crippen LogP contribution in [0, 0.1) is 0 Å². The summed E-state index contributed by atoms with van der Waals surface area (Å²) in [5.74, 6) is -0.330. The van der Waals surface area contributed by atoms with Gasteiger partial charge < -0.3 is 18.9 Å². The van der Waals surface area contributed by atoms with E-state index in [4.69, 9.17) is 18.5 Å². The van der Waals surface area contributed by atoms with Crippen LogP contribution in [-0.4, -0.2) is 75.6 Å². The number of esters is 1. The molecule has 0 saturated carbocycles. The highest BCUT2D eigenvalue weighted by atomic mass is 31.2. The second-order valence-corrected chi connectivity index (χ2v) is 21.0. The SMILES string of the molecule is CC/C=C\C/C=C\C/C=C\C/C=C\C/C=C\CCCCCCCCCCCCOCC(COP(=O)(O)OCC[N+](C)(C)C)OC(=O)CCCCCCCCC/C=C\C/C=C\C/C=C\C/C=C\C/C=C\CC. The molecule has 0 amide bonds. The molecule has 0 heterocycles. The van der Waals surface area contributed by atoms with E-state index in [2.05, 4.69) is 135 Å². The molecule has 0 aromatic heterocycles. The van der Waals surface area contributed by atoms with Crippen LogP contribution in [0.5, 0.6) is 0 Å². The van der Waals surface area contributed by atoms with E-state index < -0.39 is 13.9 Å². The number of carbonyl (C=O) groups is 1. The number of hydrogen-bond acceptors (Lipinski definition) is 6. The number of hydrogen-bond donors (Lipinski definition) is 1. The van der Waals surface area contributed by atoms with Crippen molar-refractivity contribution in [3.05, 3.63) is 122 Å². The molecule has 0 aliphatic rings. The summed E-state index contributed by atoms with van der Waals surface area (Å²) in [7, 11) is 1.64. The molecule has 0 aromatic rings. The summed E-state index contributed by atoms with van der Waals surface area (Å²) in [6, 6.07) is 0. The van der Waals surface area contributed by atoms with Gasteiger partial charge in [0.05, 0.1) is 34.4 Å². The molecular formula is C62H107NO7P+. The van der Waals surface area contributed by atoms with Gasteiger partial charge in [0, 0.05) is 13.0 Å². The van der Waals surface area contributed by atoms with Gasteiger partial charge in [0.15, 0.2) is 0 Å². The van der Waals surface area contributed by atoms with Gasteiger partial charge in [-0.25, -0.2) is 4.57 Å². The number of allylic oxidation sites excluding steroid dienone is 20. The van der Waals surface area contributed by atoms with E-state index in [0.29, 0.717) is 24.1 Å². The largest absolute Gasteiger partial charge is 0.472 e. The van der Waals surface area contributed by atoms with E-state index >= 15 is 0 Å². The van der Waals surface area contributed by atoms with Crippen molar-refractivity contribution < 1.29 is 37.3 Å². The molecule has 8 nitrogen and oxygen atoms in total. The fourth-order valence-corrected chi connectivity index (χ4v) is 8.00. The maximum atomic E-state index is 12.8. The minimum atomic E-state index is -4.30. The van der Waals surface area contributed by atoms with E-state index in [9.17, 15) is 14.3 Å². The third-order valence-corrected chi connectivity index (χ3v) is 12.5. The van der Waals surface area contributed by atoms with Crippen molar-refractivity contribution >= 4 is 13.8 Å². The van der Waals surface area contributed by atoms with Gasteiger partial charge in [0.2, 0.25) is 0 Å². The summed E-state index contributed by atoms with van der Waals surface area (Å²) in [6.45, 7) is 5.35. The minimum Gasteiger partial charge on any atom is -0.457 e. The Labute approximate surface area is 437 Å². The first-order chi connectivity index (χ1) is 34.6.